The zero-order valence-electron chi connectivity index (χ0n) is 18.7. The highest BCUT2D eigenvalue weighted by molar-refractivity contribution is 5.79. The van der Waals surface area contributed by atoms with Gasteiger partial charge in [-0.25, -0.2) is 0 Å². The van der Waals surface area contributed by atoms with E-state index in [1.807, 2.05) is 48.5 Å². The van der Waals surface area contributed by atoms with Gasteiger partial charge in [-0.2, -0.15) is 0 Å². The Balaban J connectivity index is 1.20. The topological polar surface area (TPSA) is 41.6 Å². The van der Waals surface area contributed by atoms with E-state index in [4.69, 9.17) is 4.74 Å². The third-order valence-electron chi connectivity index (χ3n) is 6.19. The van der Waals surface area contributed by atoms with Crippen LogP contribution in [0.5, 0.6) is 5.75 Å². The SMILES string of the molecule is C[C@H](NC(=O)C1CCN(Cc2ccc(OCc3ccccc3)cc2)CC1)c1ccccc1. The summed E-state index contributed by atoms with van der Waals surface area (Å²) >= 11 is 0. The molecule has 166 valence electrons. The Kier molecular flexibility index (Phi) is 7.57. The van der Waals surface area contributed by atoms with Crippen molar-refractivity contribution in [2.75, 3.05) is 13.1 Å². The van der Waals surface area contributed by atoms with Crippen molar-refractivity contribution in [3.8, 4) is 5.75 Å². The summed E-state index contributed by atoms with van der Waals surface area (Å²) in [6.45, 7) is 5.44. The number of nitrogens with one attached hydrogen (secondary N) is 1. The minimum Gasteiger partial charge on any atom is -0.489 e. The third-order valence-corrected chi connectivity index (χ3v) is 6.19. The second kappa shape index (κ2) is 11.0. The maximum Gasteiger partial charge on any atom is 0.223 e. The van der Waals surface area contributed by atoms with E-state index >= 15 is 0 Å². The Hall–Kier alpha value is -3.11. The highest BCUT2D eigenvalue weighted by atomic mass is 16.5. The monoisotopic (exact) mass is 428 g/mol. The molecular weight excluding hydrogens is 396 g/mol. The Labute approximate surface area is 191 Å². The lowest BCUT2D eigenvalue weighted by Gasteiger charge is -2.32. The van der Waals surface area contributed by atoms with Crippen molar-refractivity contribution in [2.24, 2.45) is 5.92 Å². The van der Waals surface area contributed by atoms with Gasteiger partial charge >= 0.3 is 0 Å². The maximum absolute atomic E-state index is 12.7. The molecule has 0 saturated carbocycles. The number of amides is 1. The van der Waals surface area contributed by atoms with Crippen molar-refractivity contribution in [3.05, 3.63) is 102 Å². The fraction of sp³-hybridized carbons (Fsp3) is 0.321. The number of piperidine rings is 1. The first kappa shape index (κ1) is 22.1. The molecule has 1 amide bonds. The first-order valence-electron chi connectivity index (χ1n) is 11.5. The summed E-state index contributed by atoms with van der Waals surface area (Å²) in [6, 6.07) is 28.8. The maximum atomic E-state index is 12.7. The van der Waals surface area contributed by atoms with Crippen LogP contribution in [0.2, 0.25) is 0 Å². The Morgan fingerprint density at radius 2 is 1.53 bits per heavy atom. The van der Waals surface area contributed by atoms with Gasteiger partial charge in [0, 0.05) is 12.5 Å². The van der Waals surface area contributed by atoms with Crippen molar-refractivity contribution >= 4 is 5.91 Å². The van der Waals surface area contributed by atoms with Crippen molar-refractivity contribution in [3.63, 3.8) is 0 Å². The van der Waals surface area contributed by atoms with Crippen LogP contribution >= 0.6 is 0 Å². The van der Waals surface area contributed by atoms with Crippen LogP contribution in [0.4, 0.5) is 0 Å². The summed E-state index contributed by atoms with van der Waals surface area (Å²) in [5.74, 6) is 1.17. The number of nitrogens with zero attached hydrogens (tertiary/aromatic N) is 1. The van der Waals surface area contributed by atoms with E-state index in [2.05, 4.69) is 53.5 Å². The van der Waals surface area contributed by atoms with Crippen LogP contribution in [0.1, 0.15) is 42.5 Å². The average molecular weight is 429 g/mol. The molecule has 0 aromatic heterocycles. The second-order valence-electron chi connectivity index (χ2n) is 8.61. The number of carbonyl (C=O) groups excluding carboxylic acids is 1. The van der Waals surface area contributed by atoms with Gasteiger partial charge in [0.25, 0.3) is 0 Å². The van der Waals surface area contributed by atoms with E-state index in [-0.39, 0.29) is 17.9 Å². The van der Waals surface area contributed by atoms with E-state index in [1.165, 1.54) is 11.1 Å². The van der Waals surface area contributed by atoms with Crippen molar-refractivity contribution in [1.82, 2.24) is 10.2 Å². The molecule has 1 heterocycles. The molecule has 4 heteroatoms. The van der Waals surface area contributed by atoms with Gasteiger partial charge in [0.05, 0.1) is 6.04 Å². The van der Waals surface area contributed by atoms with Gasteiger partial charge in [-0.15, -0.1) is 0 Å². The first-order chi connectivity index (χ1) is 15.7. The standard InChI is InChI=1S/C28H32N2O2/c1-22(25-10-6-3-7-11-25)29-28(31)26-16-18-30(19-17-26)20-23-12-14-27(15-13-23)32-21-24-8-4-2-5-9-24/h2-15,22,26H,16-21H2,1H3,(H,29,31)/t22-/m0/s1. The largest absolute Gasteiger partial charge is 0.489 e. The van der Waals surface area contributed by atoms with Crippen LogP contribution in [0.3, 0.4) is 0 Å². The number of benzene rings is 3. The molecule has 1 aliphatic rings. The second-order valence-corrected chi connectivity index (χ2v) is 8.61. The summed E-state index contributed by atoms with van der Waals surface area (Å²) in [5, 5.41) is 3.19. The highest BCUT2D eigenvalue weighted by Gasteiger charge is 2.26. The summed E-state index contributed by atoms with van der Waals surface area (Å²) < 4.78 is 5.88. The van der Waals surface area contributed by atoms with Crippen LogP contribution in [0, 0.1) is 5.92 Å². The third kappa shape index (κ3) is 6.21. The lowest BCUT2D eigenvalue weighted by atomic mass is 9.95. The normalized spacial score (nSPS) is 15.8. The molecule has 0 aliphatic carbocycles. The quantitative estimate of drug-likeness (QED) is 0.525. The highest BCUT2D eigenvalue weighted by Crippen LogP contribution is 2.22. The Morgan fingerprint density at radius 3 is 2.19 bits per heavy atom. The van der Waals surface area contributed by atoms with Crippen LogP contribution in [-0.4, -0.2) is 23.9 Å². The van der Waals surface area contributed by atoms with Gasteiger partial charge in [0.1, 0.15) is 12.4 Å². The zero-order valence-corrected chi connectivity index (χ0v) is 18.7. The fourth-order valence-electron chi connectivity index (χ4n) is 4.20. The number of hydrogen-bond donors (Lipinski definition) is 1. The average Bonchev–Trinajstić information content (AvgIpc) is 2.85. The molecule has 0 unspecified atom stereocenters. The van der Waals surface area contributed by atoms with E-state index < -0.39 is 0 Å². The predicted molar refractivity (Wildman–Crippen MR) is 128 cm³/mol. The lowest BCUT2D eigenvalue weighted by Crippen LogP contribution is -2.40. The molecule has 1 saturated heterocycles. The molecular formula is C28H32N2O2. The smallest absolute Gasteiger partial charge is 0.223 e. The van der Waals surface area contributed by atoms with E-state index in [9.17, 15) is 4.79 Å². The minimum absolute atomic E-state index is 0.0457. The number of ether oxygens (including phenoxy) is 1. The molecule has 0 radical (unpaired) electrons. The summed E-state index contributed by atoms with van der Waals surface area (Å²) in [4.78, 5) is 15.1. The van der Waals surface area contributed by atoms with Gasteiger partial charge in [0.15, 0.2) is 0 Å². The molecule has 3 aromatic carbocycles. The molecule has 32 heavy (non-hydrogen) atoms. The van der Waals surface area contributed by atoms with Crippen molar-refractivity contribution < 1.29 is 9.53 Å². The summed E-state index contributed by atoms with van der Waals surface area (Å²) in [7, 11) is 0. The number of hydrogen-bond acceptors (Lipinski definition) is 3. The number of rotatable bonds is 8. The van der Waals surface area contributed by atoms with E-state index in [1.54, 1.807) is 0 Å². The Bertz CT molecular complexity index is 965. The number of likely N-dealkylation sites (tertiary alicyclic amines) is 1. The van der Waals surface area contributed by atoms with E-state index in [0.29, 0.717) is 6.61 Å². The van der Waals surface area contributed by atoms with Gasteiger partial charge in [-0.05, 0) is 61.7 Å². The van der Waals surface area contributed by atoms with Gasteiger partial charge in [-0.1, -0.05) is 72.8 Å². The van der Waals surface area contributed by atoms with Crippen LogP contribution < -0.4 is 10.1 Å². The molecule has 3 aromatic rings. The molecule has 0 bridgehead atoms. The molecule has 1 N–H and O–H groups in total. The van der Waals surface area contributed by atoms with Crippen LogP contribution in [0.15, 0.2) is 84.9 Å². The zero-order chi connectivity index (χ0) is 22.2. The molecule has 1 atom stereocenters. The summed E-state index contributed by atoms with van der Waals surface area (Å²) in [5.41, 5.74) is 3.59. The number of carbonyl (C=O) groups is 1. The predicted octanol–water partition coefficient (Wildman–Crippen LogP) is 5.36. The molecule has 4 nitrogen and oxygen atoms in total. The van der Waals surface area contributed by atoms with Crippen LogP contribution in [0.25, 0.3) is 0 Å². The van der Waals surface area contributed by atoms with Crippen LogP contribution in [-0.2, 0) is 17.9 Å². The minimum atomic E-state index is 0.0457. The van der Waals surface area contributed by atoms with Crippen molar-refractivity contribution in [2.45, 2.75) is 39.0 Å². The molecule has 4 rings (SSSR count). The fourth-order valence-corrected chi connectivity index (χ4v) is 4.20. The molecule has 0 spiro atoms. The molecule has 1 fully saturated rings. The lowest BCUT2D eigenvalue weighted by molar-refractivity contribution is -0.127. The molecule has 1 aliphatic heterocycles. The van der Waals surface area contributed by atoms with Gasteiger partial charge in [0.2, 0.25) is 5.91 Å². The van der Waals surface area contributed by atoms with Gasteiger partial charge in [-0.3, -0.25) is 9.69 Å². The summed E-state index contributed by atoms with van der Waals surface area (Å²) in [6.07, 6.45) is 1.82. The van der Waals surface area contributed by atoms with E-state index in [0.717, 1.165) is 43.8 Å². The van der Waals surface area contributed by atoms with Crippen molar-refractivity contribution in [1.29, 1.82) is 0 Å². The first-order valence-corrected chi connectivity index (χ1v) is 11.5. The van der Waals surface area contributed by atoms with Gasteiger partial charge < -0.3 is 10.1 Å². The Morgan fingerprint density at radius 1 is 0.906 bits per heavy atom.